The van der Waals surface area contributed by atoms with Gasteiger partial charge in [0.2, 0.25) is 5.91 Å². The molecule has 1 aliphatic heterocycles. The molecule has 3 N–H and O–H groups in total. The van der Waals surface area contributed by atoms with E-state index in [0.29, 0.717) is 0 Å². The van der Waals surface area contributed by atoms with Crippen LogP contribution in [0.4, 0.5) is 0 Å². The van der Waals surface area contributed by atoms with Gasteiger partial charge in [-0.3, -0.25) is 9.59 Å². The standard InChI is InChI=1S/C15H20N2O4/c1-15(9-16-10-15)21-8-13(18)17-12(7-14(19)20)11-5-3-2-4-6-11/h2-6,12,16H,7-10H2,1H3,(H,17,18)(H,19,20). The molecule has 0 aliphatic carbocycles. The van der Waals surface area contributed by atoms with Crippen LogP contribution in [0.3, 0.4) is 0 Å². The number of hydrogen-bond donors (Lipinski definition) is 3. The monoisotopic (exact) mass is 292 g/mol. The minimum atomic E-state index is -0.958. The number of hydrogen-bond acceptors (Lipinski definition) is 4. The molecule has 1 heterocycles. The summed E-state index contributed by atoms with van der Waals surface area (Å²) in [6, 6.07) is 8.52. The molecule has 0 aromatic heterocycles. The van der Waals surface area contributed by atoms with Gasteiger partial charge in [0.05, 0.1) is 18.1 Å². The van der Waals surface area contributed by atoms with E-state index in [0.717, 1.165) is 18.7 Å². The molecule has 0 saturated carbocycles. The average Bonchev–Trinajstić information content (AvgIpc) is 2.43. The number of benzene rings is 1. The number of rotatable bonds is 7. The van der Waals surface area contributed by atoms with Gasteiger partial charge in [-0.25, -0.2) is 0 Å². The van der Waals surface area contributed by atoms with Crippen LogP contribution in [-0.2, 0) is 14.3 Å². The quantitative estimate of drug-likeness (QED) is 0.688. The Morgan fingerprint density at radius 1 is 1.38 bits per heavy atom. The largest absolute Gasteiger partial charge is 0.481 e. The van der Waals surface area contributed by atoms with Crippen LogP contribution in [-0.4, -0.2) is 42.3 Å². The van der Waals surface area contributed by atoms with Gasteiger partial charge in [0.15, 0.2) is 0 Å². The minimum Gasteiger partial charge on any atom is -0.481 e. The predicted octanol–water partition coefficient (Wildman–Crippen LogP) is 0.697. The molecule has 1 amide bonds. The number of carboxylic acid groups (broad SMARTS) is 1. The summed E-state index contributed by atoms with van der Waals surface area (Å²) in [6.45, 7) is 3.30. The molecule has 1 aromatic rings. The molecular weight excluding hydrogens is 272 g/mol. The number of ether oxygens (including phenoxy) is 1. The molecule has 0 bridgehead atoms. The second-order valence-electron chi connectivity index (χ2n) is 5.47. The fourth-order valence-corrected chi connectivity index (χ4v) is 2.17. The van der Waals surface area contributed by atoms with Crippen molar-refractivity contribution in [3.05, 3.63) is 35.9 Å². The maximum absolute atomic E-state index is 11.9. The molecule has 1 aliphatic rings. The first-order valence-corrected chi connectivity index (χ1v) is 6.89. The summed E-state index contributed by atoms with van der Waals surface area (Å²) in [4.78, 5) is 22.9. The Bertz CT molecular complexity index is 500. The van der Waals surface area contributed by atoms with Crippen molar-refractivity contribution in [1.29, 1.82) is 0 Å². The number of carboxylic acids is 1. The predicted molar refractivity (Wildman–Crippen MR) is 76.8 cm³/mol. The van der Waals surface area contributed by atoms with E-state index >= 15 is 0 Å². The number of carbonyl (C=O) groups excluding carboxylic acids is 1. The number of aliphatic carboxylic acids is 1. The summed E-state index contributed by atoms with van der Waals surface area (Å²) in [5.74, 6) is -1.27. The zero-order valence-electron chi connectivity index (χ0n) is 12.0. The first-order chi connectivity index (χ1) is 9.98. The fourth-order valence-electron chi connectivity index (χ4n) is 2.17. The minimum absolute atomic E-state index is 0.0683. The second kappa shape index (κ2) is 6.69. The van der Waals surface area contributed by atoms with Crippen LogP contribution in [0.25, 0.3) is 0 Å². The van der Waals surface area contributed by atoms with Gasteiger partial charge in [0.1, 0.15) is 6.61 Å². The van der Waals surface area contributed by atoms with E-state index < -0.39 is 12.0 Å². The Balaban J connectivity index is 1.91. The first-order valence-electron chi connectivity index (χ1n) is 6.89. The van der Waals surface area contributed by atoms with Gasteiger partial charge in [-0.2, -0.15) is 0 Å². The van der Waals surface area contributed by atoms with Crippen molar-refractivity contribution in [2.24, 2.45) is 0 Å². The van der Waals surface area contributed by atoms with E-state index in [-0.39, 0.29) is 24.5 Å². The lowest BCUT2D eigenvalue weighted by Crippen LogP contribution is -2.59. The molecule has 1 aromatic carbocycles. The highest BCUT2D eigenvalue weighted by Crippen LogP contribution is 2.18. The van der Waals surface area contributed by atoms with Gasteiger partial charge in [-0.1, -0.05) is 30.3 Å². The maximum Gasteiger partial charge on any atom is 0.305 e. The number of amides is 1. The van der Waals surface area contributed by atoms with Crippen LogP contribution in [0, 0.1) is 0 Å². The lowest BCUT2D eigenvalue weighted by atomic mass is 10.0. The summed E-state index contributed by atoms with van der Waals surface area (Å²) < 4.78 is 5.55. The molecule has 114 valence electrons. The summed E-state index contributed by atoms with van der Waals surface area (Å²) in [5, 5.41) is 14.8. The van der Waals surface area contributed by atoms with Gasteiger partial charge in [-0.05, 0) is 12.5 Å². The highest BCUT2D eigenvalue weighted by atomic mass is 16.5. The van der Waals surface area contributed by atoms with E-state index in [1.807, 2.05) is 25.1 Å². The van der Waals surface area contributed by atoms with Crippen molar-refractivity contribution in [2.75, 3.05) is 19.7 Å². The third kappa shape index (κ3) is 4.54. The Morgan fingerprint density at radius 3 is 2.57 bits per heavy atom. The Hall–Kier alpha value is -1.92. The number of carbonyl (C=O) groups is 2. The zero-order valence-corrected chi connectivity index (χ0v) is 12.0. The molecule has 1 saturated heterocycles. The lowest BCUT2D eigenvalue weighted by molar-refractivity contribution is -0.139. The van der Waals surface area contributed by atoms with E-state index in [4.69, 9.17) is 9.84 Å². The molecular formula is C15H20N2O4. The molecule has 21 heavy (non-hydrogen) atoms. The van der Waals surface area contributed by atoms with Gasteiger partial charge >= 0.3 is 5.97 Å². The molecule has 6 nitrogen and oxygen atoms in total. The third-order valence-corrected chi connectivity index (χ3v) is 3.47. The fraction of sp³-hybridized carbons (Fsp3) is 0.467. The summed E-state index contributed by atoms with van der Waals surface area (Å²) >= 11 is 0. The normalized spacial score (nSPS) is 17.6. The SMILES string of the molecule is CC1(OCC(=O)NC(CC(=O)O)c2ccccc2)CNC1. The summed E-state index contributed by atoms with van der Waals surface area (Å²) in [6.07, 6.45) is -0.158. The summed E-state index contributed by atoms with van der Waals surface area (Å²) in [7, 11) is 0. The van der Waals surface area contributed by atoms with Gasteiger partial charge in [-0.15, -0.1) is 0 Å². The van der Waals surface area contributed by atoms with Crippen LogP contribution in [0.5, 0.6) is 0 Å². The van der Waals surface area contributed by atoms with Crippen molar-refractivity contribution in [1.82, 2.24) is 10.6 Å². The first kappa shape index (κ1) is 15.5. The average molecular weight is 292 g/mol. The van der Waals surface area contributed by atoms with Crippen LogP contribution < -0.4 is 10.6 Å². The van der Waals surface area contributed by atoms with Crippen molar-refractivity contribution >= 4 is 11.9 Å². The number of nitrogens with one attached hydrogen (secondary N) is 2. The van der Waals surface area contributed by atoms with E-state index in [1.54, 1.807) is 12.1 Å². The second-order valence-corrected chi connectivity index (χ2v) is 5.47. The van der Waals surface area contributed by atoms with Crippen molar-refractivity contribution in [2.45, 2.75) is 25.0 Å². The molecule has 2 rings (SSSR count). The topological polar surface area (TPSA) is 87.7 Å². The molecule has 0 spiro atoms. The molecule has 1 atom stereocenters. The Labute approximate surface area is 123 Å². The molecule has 1 unspecified atom stereocenters. The van der Waals surface area contributed by atoms with Gasteiger partial charge in [0, 0.05) is 13.1 Å². The Kier molecular flexibility index (Phi) is 4.93. The zero-order chi connectivity index (χ0) is 15.3. The van der Waals surface area contributed by atoms with Gasteiger partial charge in [0.25, 0.3) is 0 Å². The lowest BCUT2D eigenvalue weighted by Gasteiger charge is -2.38. The third-order valence-electron chi connectivity index (χ3n) is 3.47. The van der Waals surface area contributed by atoms with Crippen molar-refractivity contribution in [3.8, 4) is 0 Å². The van der Waals surface area contributed by atoms with Crippen LogP contribution >= 0.6 is 0 Å². The molecule has 1 fully saturated rings. The van der Waals surface area contributed by atoms with E-state index in [9.17, 15) is 9.59 Å². The summed E-state index contributed by atoms with van der Waals surface area (Å²) in [5.41, 5.74) is 0.469. The van der Waals surface area contributed by atoms with Gasteiger partial charge < -0.3 is 20.5 Å². The smallest absolute Gasteiger partial charge is 0.305 e. The highest BCUT2D eigenvalue weighted by molar-refractivity contribution is 5.78. The maximum atomic E-state index is 11.9. The van der Waals surface area contributed by atoms with Crippen LogP contribution in [0.15, 0.2) is 30.3 Å². The highest BCUT2D eigenvalue weighted by Gasteiger charge is 2.33. The van der Waals surface area contributed by atoms with E-state index in [2.05, 4.69) is 10.6 Å². The van der Waals surface area contributed by atoms with E-state index in [1.165, 1.54) is 0 Å². The van der Waals surface area contributed by atoms with Crippen molar-refractivity contribution in [3.63, 3.8) is 0 Å². The van der Waals surface area contributed by atoms with Crippen molar-refractivity contribution < 1.29 is 19.4 Å². The van der Waals surface area contributed by atoms with Crippen LogP contribution in [0.1, 0.15) is 24.9 Å². The molecule has 6 heteroatoms. The Morgan fingerprint density at radius 2 is 2.05 bits per heavy atom. The molecule has 0 radical (unpaired) electrons. The van der Waals surface area contributed by atoms with Crippen LogP contribution in [0.2, 0.25) is 0 Å².